The van der Waals surface area contributed by atoms with E-state index in [1.54, 1.807) is 17.4 Å². The zero-order valence-electron chi connectivity index (χ0n) is 17.9. The SMILES string of the molecule is CC1=NN(c2ccccc2)C(=O)[C@]12Cc1ccccc1N1CCN(c3ncccn3)C[C@H]12. The second-order valence-electron chi connectivity index (χ2n) is 8.62. The van der Waals surface area contributed by atoms with E-state index in [4.69, 9.17) is 5.10 Å². The number of amides is 1. The number of fused-ring (bicyclic) bond motifs is 4. The smallest absolute Gasteiger partial charge is 0.261 e. The maximum absolute atomic E-state index is 14.1. The summed E-state index contributed by atoms with van der Waals surface area (Å²) in [5, 5.41) is 6.40. The molecule has 1 amide bonds. The minimum Gasteiger partial charge on any atom is -0.363 e. The molecule has 0 N–H and O–H groups in total. The van der Waals surface area contributed by atoms with E-state index in [0.29, 0.717) is 18.9 Å². The normalized spacial score (nSPS) is 24.4. The molecular weight excluding hydrogens is 400 g/mol. The molecule has 2 atom stereocenters. The molecule has 7 nitrogen and oxygen atoms in total. The van der Waals surface area contributed by atoms with Crippen molar-refractivity contribution >= 4 is 28.9 Å². The molecule has 0 aliphatic carbocycles. The summed E-state index contributed by atoms with van der Waals surface area (Å²) in [5.41, 5.74) is 3.36. The Morgan fingerprint density at radius 3 is 2.50 bits per heavy atom. The lowest BCUT2D eigenvalue weighted by molar-refractivity contribution is -0.125. The van der Waals surface area contributed by atoms with E-state index < -0.39 is 5.41 Å². The molecule has 4 heterocycles. The summed E-state index contributed by atoms with van der Waals surface area (Å²) in [6, 6.07) is 19.9. The van der Waals surface area contributed by atoms with Crippen LogP contribution < -0.4 is 14.8 Å². The van der Waals surface area contributed by atoms with E-state index in [0.717, 1.165) is 24.5 Å². The predicted molar refractivity (Wildman–Crippen MR) is 125 cm³/mol. The number of benzene rings is 2. The molecule has 6 rings (SSSR count). The summed E-state index contributed by atoms with van der Waals surface area (Å²) in [5.74, 6) is 0.752. The molecule has 7 heteroatoms. The van der Waals surface area contributed by atoms with Gasteiger partial charge in [0, 0.05) is 37.7 Å². The van der Waals surface area contributed by atoms with Crippen molar-refractivity contribution in [3.05, 3.63) is 78.6 Å². The van der Waals surface area contributed by atoms with E-state index in [-0.39, 0.29) is 11.9 Å². The Balaban J connectivity index is 1.46. The van der Waals surface area contributed by atoms with Gasteiger partial charge in [-0.15, -0.1) is 0 Å². The van der Waals surface area contributed by atoms with Gasteiger partial charge in [0.1, 0.15) is 5.41 Å². The zero-order valence-corrected chi connectivity index (χ0v) is 17.9. The summed E-state index contributed by atoms with van der Waals surface area (Å²) >= 11 is 0. The lowest BCUT2D eigenvalue weighted by atomic mass is 9.67. The first-order chi connectivity index (χ1) is 15.7. The van der Waals surface area contributed by atoms with Crippen LogP contribution in [0, 0.1) is 5.41 Å². The van der Waals surface area contributed by atoms with Crippen LogP contribution in [0.15, 0.2) is 78.2 Å². The molecule has 0 bridgehead atoms. The van der Waals surface area contributed by atoms with Crippen LogP contribution in [0.1, 0.15) is 12.5 Å². The summed E-state index contributed by atoms with van der Waals surface area (Å²) < 4.78 is 0. The molecule has 160 valence electrons. The lowest BCUT2D eigenvalue weighted by Crippen LogP contribution is -2.67. The van der Waals surface area contributed by atoms with Gasteiger partial charge < -0.3 is 9.80 Å². The highest BCUT2D eigenvalue weighted by atomic mass is 16.2. The van der Waals surface area contributed by atoms with E-state index in [9.17, 15) is 4.79 Å². The van der Waals surface area contributed by atoms with E-state index in [1.807, 2.05) is 43.3 Å². The summed E-state index contributed by atoms with van der Waals surface area (Å²) in [7, 11) is 0. The van der Waals surface area contributed by atoms with E-state index in [1.165, 1.54) is 11.3 Å². The van der Waals surface area contributed by atoms with Gasteiger partial charge in [0.2, 0.25) is 5.95 Å². The first-order valence-electron chi connectivity index (χ1n) is 11.0. The van der Waals surface area contributed by atoms with Gasteiger partial charge in [-0.05, 0) is 43.2 Å². The van der Waals surface area contributed by atoms with Crippen LogP contribution >= 0.6 is 0 Å². The standard InChI is InChI=1S/C25H24N6O/c1-18-25(23(32)31(28-18)20-9-3-2-4-10-20)16-19-8-5-6-11-21(19)30-15-14-29(17-22(25)30)24-26-12-7-13-27-24/h2-13,22H,14-17H2,1H3/t22-,25+/m0/s1. The summed E-state index contributed by atoms with van der Waals surface area (Å²) in [6.45, 7) is 4.27. The van der Waals surface area contributed by atoms with Crippen molar-refractivity contribution in [2.45, 2.75) is 19.4 Å². The van der Waals surface area contributed by atoms with Crippen molar-refractivity contribution in [1.82, 2.24) is 9.97 Å². The van der Waals surface area contributed by atoms with Gasteiger partial charge in [0.25, 0.3) is 5.91 Å². The fourth-order valence-corrected chi connectivity index (χ4v) is 5.45. The monoisotopic (exact) mass is 424 g/mol. The second-order valence-corrected chi connectivity index (χ2v) is 8.62. The Morgan fingerprint density at radius 2 is 1.69 bits per heavy atom. The highest BCUT2D eigenvalue weighted by Gasteiger charge is 2.60. The van der Waals surface area contributed by atoms with E-state index >= 15 is 0 Å². The fraction of sp³-hybridized carbons (Fsp3) is 0.280. The average molecular weight is 425 g/mol. The van der Waals surface area contributed by atoms with E-state index in [2.05, 4.69) is 44.0 Å². The van der Waals surface area contributed by atoms with Gasteiger partial charge in [0.05, 0.1) is 17.4 Å². The van der Waals surface area contributed by atoms with Crippen molar-refractivity contribution in [3.63, 3.8) is 0 Å². The van der Waals surface area contributed by atoms with Crippen LogP contribution in [0.2, 0.25) is 0 Å². The number of carbonyl (C=O) groups excluding carboxylic acids is 1. The number of carbonyl (C=O) groups is 1. The van der Waals surface area contributed by atoms with Crippen LogP contribution in [0.4, 0.5) is 17.3 Å². The molecule has 0 saturated carbocycles. The molecule has 3 aliphatic rings. The molecule has 32 heavy (non-hydrogen) atoms. The van der Waals surface area contributed by atoms with Crippen molar-refractivity contribution in [2.75, 3.05) is 34.4 Å². The summed E-state index contributed by atoms with van der Waals surface area (Å²) in [4.78, 5) is 27.7. The molecule has 2 aromatic carbocycles. The van der Waals surface area contributed by atoms with Crippen molar-refractivity contribution in [2.24, 2.45) is 10.5 Å². The Morgan fingerprint density at radius 1 is 0.938 bits per heavy atom. The number of aromatic nitrogens is 2. The highest BCUT2D eigenvalue weighted by Crippen LogP contribution is 2.48. The van der Waals surface area contributed by atoms with Crippen LogP contribution in [0.5, 0.6) is 0 Å². The first kappa shape index (κ1) is 19.0. The molecule has 3 aliphatic heterocycles. The number of anilines is 3. The lowest BCUT2D eigenvalue weighted by Gasteiger charge is -2.53. The quantitative estimate of drug-likeness (QED) is 0.632. The largest absolute Gasteiger partial charge is 0.363 e. The first-order valence-corrected chi connectivity index (χ1v) is 11.0. The molecule has 1 spiro atoms. The maximum Gasteiger partial charge on any atom is 0.261 e. The van der Waals surface area contributed by atoms with Crippen LogP contribution in [0.25, 0.3) is 0 Å². The van der Waals surface area contributed by atoms with Crippen LogP contribution in [-0.4, -0.2) is 47.3 Å². The molecule has 1 saturated heterocycles. The average Bonchev–Trinajstić information content (AvgIpc) is 3.10. The Bertz CT molecular complexity index is 1200. The Kier molecular flexibility index (Phi) is 4.24. The third-order valence-electron chi connectivity index (χ3n) is 7.02. The highest BCUT2D eigenvalue weighted by molar-refractivity contribution is 6.20. The van der Waals surface area contributed by atoms with Gasteiger partial charge in [-0.3, -0.25) is 4.79 Å². The maximum atomic E-state index is 14.1. The number of piperazine rings is 1. The summed E-state index contributed by atoms with van der Waals surface area (Å²) in [6.07, 6.45) is 4.18. The van der Waals surface area contributed by atoms with Gasteiger partial charge in [-0.25, -0.2) is 9.97 Å². The number of rotatable bonds is 2. The van der Waals surface area contributed by atoms with Crippen molar-refractivity contribution < 1.29 is 4.79 Å². The van der Waals surface area contributed by atoms with Crippen LogP contribution in [0.3, 0.4) is 0 Å². The zero-order chi connectivity index (χ0) is 21.7. The molecule has 0 radical (unpaired) electrons. The third kappa shape index (κ3) is 2.67. The molecule has 3 aromatic rings. The van der Waals surface area contributed by atoms with Crippen molar-refractivity contribution in [3.8, 4) is 0 Å². The second kappa shape index (κ2) is 7.15. The Hall–Kier alpha value is -3.74. The number of para-hydroxylation sites is 2. The number of hydrazone groups is 1. The van der Waals surface area contributed by atoms with Gasteiger partial charge >= 0.3 is 0 Å². The topological polar surface area (TPSA) is 64.9 Å². The fourth-order valence-electron chi connectivity index (χ4n) is 5.45. The van der Waals surface area contributed by atoms with Gasteiger partial charge in [-0.1, -0.05) is 36.4 Å². The van der Waals surface area contributed by atoms with Gasteiger partial charge in [-0.2, -0.15) is 10.1 Å². The van der Waals surface area contributed by atoms with Crippen molar-refractivity contribution in [1.29, 1.82) is 0 Å². The minimum atomic E-state index is -0.725. The minimum absolute atomic E-state index is 0.0431. The molecule has 0 unspecified atom stereocenters. The molecular formula is C25H24N6O. The van der Waals surface area contributed by atoms with Gasteiger partial charge in [0.15, 0.2) is 0 Å². The molecule has 1 aromatic heterocycles. The number of nitrogens with zero attached hydrogens (tertiary/aromatic N) is 6. The van der Waals surface area contributed by atoms with Crippen LogP contribution in [-0.2, 0) is 11.2 Å². The number of hydrogen-bond acceptors (Lipinski definition) is 6. The number of hydrogen-bond donors (Lipinski definition) is 0. The molecule has 1 fully saturated rings. The predicted octanol–water partition coefficient (Wildman–Crippen LogP) is 3.14. The Labute approximate surface area is 187 Å². The third-order valence-corrected chi connectivity index (χ3v) is 7.02.